The van der Waals surface area contributed by atoms with Gasteiger partial charge in [-0.15, -0.1) is 11.3 Å². The number of thiazole rings is 1. The van der Waals surface area contributed by atoms with Crippen molar-refractivity contribution < 1.29 is 4.74 Å². The summed E-state index contributed by atoms with van der Waals surface area (Å²) < 4.78 is 5.19. The molecule has 0 saturated carbocycles. The third-order valence-electron chi connectivity index (χ3n) is 3.72. The summed E-state index contributed by atoms with van der Waals surface area (Å²) in [5, 5.41) is 3.95. The second kappa shape index (κ2) is 7.79. The van der Waals surface area contributed by atoms with Gasteiger partial charge in [-0.1, -0.05) is 29.8 Å². The second-order valence-corrected chi connectivity index (χ2v) is 6.90. The van der Waals surface area contributed by atoms with Gasteiger partial charge in [-0.2, -0.15) is 0 Å². The molecule has 0 unspecified atom stereocenters. The van der Waals surface area contributed by atoms with Crippen LogP contribution in [0.25, 0.3) is 10.6 Å². The second-order valence-electron chi connectivity index (χ2n) is 5.64. The Morgan fingerprint density at radius 2 is 1.83 bits per heavy atom. The first-order valence-corrected chi connectivity index (χ1v) is 8.92. The molecule has 0 aliphatic carbocycles. The van der Waals surface area contributed by atoms with Gasteiger partial charge in [0.25, 0.3) is 0 Å². The van der Waals surface area contributed by atoms with E-state index in [9.17, 15) is 0 Å². The van der Waals surface area contributed by atoms with Crippen LogP contribution < -0.4 is 4.74 Å². The van der Waals surface area contributed by atoms with Gasteiger partial charge < -0.3 is 4.74 Å². The van der Waals surface area contributed by atoms with E-state index in [1.54, 1.807) is 18.4 Å². The molecule has 1 aromatic heterocycles. The zero-order chi connectivity index (χ0) is 16.9. The van der Waals surface area contributed by atoms with Crippen LogP contribution in [0.5, 0.6) is 5.75 Å². The van der Waals surface area contributed by atoms with Crippen molar-refractivity contribution in [2.24, 2.45) is 0 Å². The van der Waals surface area contributed by atoms with E-state index >= 15 is 0 Å². The average Bonchev–Trinajstić information content (AvgIpc) is 3.05. The first-order valence-electron chi connectivity index (χ1n) is 7.66. The Bertz CT molecular complexity index is 801. The van der Waals surface area contributed by atoms with Gasteiger partial charge in [0.2, 0.25) is 0 Å². The van der Waals surface area contributed by atoms with Gasteiger partial charge in [-0.05, 0) is 42.9 Å². The molecule has 0 N–H and O–H groups in total. The fourth-order valence-electron chi connectivity index (χ4n) is 2.50. The number of rotatable bonds is 6. The molecule has 0 radical (unpaired) electrons. The van der Waals surface area contributed by atoms with Crippen LogP contribution in [-0.2, 0) is 13.1 Å². The van der Waals surface area contributed by atoms with Crippen LogP contribution in [0.1, 0.15) is 11.3 Å². The van der Waals surface area contributed by atoms with Gasteiger partial charge in [0.1, 0.15) is 10.8 Å². The molecule has 0 saturated heterocycles. The molecule has 24 heavy (non-hydrogen) atoms. The first kappa shape index (κ1) is 17.0. The summed E-state index contributed by atoms with van der Waals surface area (Å²) in [6.07, 6.45) is 0. The highest BCUT2D eigenvalue weighted by atomic mass is 35.5. The van der Waals surface area contributed by atoms with E-state index in [0.29, 0.717) is 0 Å². The van der Waals surface area contributed by atoms with Gasteiger partial charge >= 0.3 is 0 Å². The van der Waals surface area contributed by atoms with Crippen molar-refractivity contribution in [3.05, 3.63) is 70.2 Å². The summed E-state index contributed by atoms with van der Waals surface area (Å²) in [5.41, 5.74) is 3.31. The van der Waals surface area contributed by atoms with E-state index in [4.69, 9.17) is 21.3 Å². The van der Waals surface area contributed by atoms with Crippen LogP contribution in [0.3, 0.4) is 0 Å². The topological polar surface area (TPSA) is 25.4 Å². The molecule has 0 aliphatic rings. The van der Waals surface area contributed by atoms with E-state index in [1.807, 2.05) is 42.5 Å². The number of ether oxygens (including phenoxy) is 1. The predicted octanol–water partition coefficient (Wildman–Crippen LogP) is 5.10. The van der Waals surface area contributed by atoms with Gasteiger partial charge in [0.05, 0.1) is 12.8 Å². The molecule has 2 aromatic carbocycles. The van der Waals surface area contributed by atoms with E-state index in [0.717, 1.165) is 45.7 Å². The molecule has 1 heterocycles. The number of aromatic nitrogens is 1. The van der Waals surface area contributed by atoms with Gasteiger partial charge in [0, 0.05) is 29.1 Å². The van der Waals surface area contributed by atoms with Crippen LogP contribution in [-0.4, -0.2) is 24.0 Å². The minimum atomic E-state index is 0.790. The zero-order valence-electron chi connectivity index (χ0n) is 13.7. The Hall–Kier alpha value is -1.88. The van der Waals surface area contributed by atoms with Crippen LogP contribution in [0.2, 0.25) is 5.02 Å². The van der Waals surface area contributed by atoms with Crippen molar-refractivity contribution in [3.8, 4) is 16.3 Å². The largest absolute Gasteiger partial charge is 0.497 e. The van der Waals surface area contributed by atoms with Crippen molar-refractivity contribution >= 4 is 22.9 Å². The Labute approximate surface area is 151 Å². The minimum absolute atomic E-state index is 0.790. The number of nitrogens with zero attached hydrogens (tertiary/aromatic N) is 2. The van der Waals surface area contributed by atoms with Gasteiger partial charge in [0.15, 0.2) is 0 Å². The number of hydrogen-bond donors (Lipinski definition) is 0. The summed E-state index contributed by atoms with van der Waals surface area (Å²) >= 11 is 7.89. The molecule has 0 amide bonds. The maximum Gasteiger partial charge on any atom is 0.123 e. The van der Waals surface area contributed by atoms with Crippen molar-refractivity contribution in [1.29, 1.82) is 0 Å². The molecule has 3 aromatic rings. The number of benzene rings is 2. The smallest absolute Gasteiger partial charge is 0.123 e. The first-order chi connectivity index (χ1) is 11.7. The molecule has 0 bridgehead atoms. The predicted molar refractivity (Wildman–Crippen MR) is 101 cm³/mol. The summed E-state index contributed by atoms with van der Waals surface area (Å²) in [6.45, 7) is 1.59. The van der Waals surface area contributed by atoms with E-state index < -0.39 is 0 Å². The highest BCUT2D eigenvalue weighted by Crippen LogP contribution is 2.26. The van der Waals surface area contributed by atoms with Crippen LogP contribution in [0.4, 0.5) is 0 Å². The molecule has 0 aliphatic heterocycles. The van der Waals surface area contributed by atoms with Crippen LogP contribution >= 0.6 is 22.9 Å². The summed E-state index contributed by atoms with van der Waals surface area (Å²) in [5.74, 6) is 0.856. The highest BCUT2D eigenvalue weighted by Gasteiger charge is 2.09. The molecule has 5 heteroatoms. The molecule has 3 nitrogen and oxygen atoms in total. The average molecular weight is 359 g/mol. The normalized spacial score (nSPS) is 11.0. The van der Waals surface area contributed by atoms with E-state index in [1.165, 1.54) is 0 Å². The summed E-state index contributed by atoms with van der Waals surface area (Å²) in [7, 11) is 3.75. The standard InChI is InChI=1S/C19H19ClN2OS/c1-22(11-15-5-3-4-6-18(15)20)12-16-13-24-19(21-16)14-7-9-17(23-2)10-8-14/h3-10,13H,11-12H2,1-2H3. The molecular weight excluding hydrogens is 340 g/mol. The fourth-order valence-corrected chi connectivity index (χ4v) is 3.51. The third kappa shape index (κ3) is 4.15. The Morgan fingerprint density at radius 1 is 1.08 bits per heavy atom. The molecule has 0 fully saturated rings. The van der Waals surface area contributed by atoms with Crippen LogP contribution in [0.15, 0.2) is 53.9 Å². The number of halogens is 1. The lowest BCUT2D eigenvalue weighted by molar-refractivity contribution is 0.316. The molecule has 0 atom stereocenters. The number of hydrogen-bond acceptors (Lipinski definition) is 4. The van der Waals surface area contributed by atoms with Crippen molar-refractivity contribution in [1.82, 2.24) is 9.88 Å². The highest BCUT2D eigenvalue weighted by molar-refractivity contribution is 7.13. The van der Waals surface area contributed by atoms with Gasteiger partial charge in [-0.25, -0.2) is 4.98 Å². The Balaban J connectivity index is 1.66. The van der Waals surface area contributed by atoms with Crippen molar-refractivity contribution in [2.45, 2.75) is 13.1 Å². The zero-order valence-corrected chi connectivity index (χ0v) is 15.3. The van der Waals surface area contributed by atoms with Crippen LogP contribution in [0, 0.1) is 0 Å². The summed E-state index contributed by atoms with van der Waals surface area (Å²) in [4.78, 5) is 6.96. The maximum atomic E-state index is 6.23. The lowest BCUT2D eigenvalue weighted by atomic mass is 10.2. The minimum Gasteiger partial charge on any atom is -0.497 e. The van der Waals surface area contributed by atoms with Crippen molar-refractivity contribution in [2.75, 3.05) is 14.2 Å². The summed E-state index contributed by atoms with van der Waals surface area (Å²) in [6, 6.07) is 15.9. The number of methoxy groups -OCH3 is 1. The molecule has 3 rings (SSSR count). The van der Waals surface area contributed by atoms with E-state index in [-0.39, 0.29) is 0 Å². The SMILES string of the molecule is COc1ccc(-c2nc(CN(C)Cc3ccccc3Cl)cs2)cc1. The Kier molecular flexibility index (Phi) is 5.51. The monoisotopic (exact) mass is 358 g/mol. The maximum absolute atomic E-state index is 6.23. The lowest BCUT2D eigenvalue weighted by Gasteiger charge is -2.16. The van der Waals surface area contributed by atoms with Crippen molar-refractivity contribution in [3.63, 3.8) is 0 Å². The van der Waals surface area contributed by atoms with Gasteiger partial charge in [-0.3, -0.25) is 4.90 Å². The fraction of sp³-hybridized carbons (Fsp3) is 0.211. The molecular formula is C19H19ClN2OS. The lowest BCUT2D eigenvalue weighted by Crippen LogP contribution is -2.17. The van der Waals surface area contributed by atoms with E-state index in [2.05, 4.69) is 23.4 Å². The molecule has 0 spiro atoms. The Morgan fingerprint density at radius 3 is 2.54 bits per heavy atom. The molecule has 124 valence electrons. The quantitative estimate of drug-likeness (QED) is 0.612. The third-order valence-corrected chi connectivity index (χ3v) is 5.03.